The average molecular weight is 559 g/mol. The van der Waals surface area contributed by atoms with E-state index in [0.717, 1.165) is 21.6 Å². The van der Waals surface area contributed by atoms with Crippen LogP contribution in [0.2, 0.25) is 5.02 Å². The van der Waals surface area contributed by atoms with Gasteiger partial charge in [-0.3, -0.25) is 14.5 Å². The third-order valence-corrected chi connectivity index (χ3v) is 8.50. The van der Waals surface area contributed by atoms with Crippen LogP contribution in [-0.4, -0.2) is 27.9 Å². The summed E-state index contributed by atoms with van der Waals surface area (Å²) >= 11 is 7.48. The van der Waals surface area contributed by atoms with E-state index in [0.29, 0.717) is 33.2 Å². The van der Waals surface area contributed by atoms with Crippen LogP contribution in [0.25, 0.3) is 16.0 Å². The first-order valence-electron chi connectivity index (χ1n) is 12.8. The zero-order chi connectivity index (χ0) is 27.6. The fourth-order valence-corrected chi connectivity index (χ4v) is 6.49. The zero-order valence-corrected chi connectivity index (χ0v) is 23.6. The summed E-state index contributed by atoms with van der Waals surface area (Å²) in [4.78, 5) is 33.2. The highest BCUT2D eigenvalue weighted by Gasteiger charge is 2.48. The van der Waals surface area contributed by atoms with E-state index in [1.54, 1.807) is 30.3 Å². The third-order valence-electron chi connectivity index (χ3n) is 7.25. The van der Waals surface area contributed by atoms with E-state index in [2.05, 4.69) is 25.8 Å². The lowest BCUT2D eigenvalue weighted by Crippen LogP contribution is -2.29. The van der Waals surface area contributed by atoms with Gasteiger partial charge >= 0.3 is 5.91 Å². The largest absolute Gasteiger partial charge is 0.507 e. The molecule has 2 unspecified atom stereocenters. The van der Waals surface area contributed by atoms with Crippen LogP contribution < -0.4 is 9.64 Å². The minimum atomic E-state index is -0.849. The lowest BCUT2D eigenvalue weighted by Gasteiger charge is -2.24. The van der Waals surface area contributed by atoms with Crippen molar-refractivity contribution in [3.8, 4) is 5.75 Å². The average Bonchev–Trinajstić information content (AvgIpc) is 3.55. The number of thiazole rings is 1. The molecule has 6 nitrogen and oxygen atoms in total. The number of amides is 1. The van der Waals surface area contributed by atoms with Crippen molar-refractivity contribution >= 4 is 55.7 Å². The maximum Gasteiger partial charge on any atom is 0.301 e. The van der Waals surface area contributed by atoms with Crippen LogP contribution >= 0.6 is 22.9 Å². The van der Waals surface area contributed by atoms with Gasteiger partial charge < -0.3 is 9.84 Å². The highest BCUT2D eigenvalue weighted by molar-refractivity contribution is 7.22. The van der Waals surface area contributed by atoms with Gasteiger partial charge in [-0.1, -0.05) is 68.0 Å². The lowest BCUT2D eigenvalue weighted by atomic mass is 9.85. The fraction of sp³-hybridized carbons (Fsp3) is 0.258. The van der Waals surface area contributed by atoms with Crippen molar-refractivity contribution in [3.63, 3.8) is 0 Å². The van der Waals surface area contributed by atoms with Crippen molar-refractivity contribution in [1.82, 2.24) is 4.98 Å². The number of ketones is 1. The Balaban J connectivity index is 1.53. The van der Waals surface area contributed by atoms with E-state index in [4.69, 9.17) is 16.3 Å². The molecule has 1 fully saturated rings. The molecule has 0 saturated carbocycles. The first-order valence-corrected chi connectivity index (χ1v) is 14.0. The monoisotopic (exact) mass is 558 g/mol. The first kappa shape index (κ1) is 25.6. The summed E-state index contributed by atoms with van der Waals surface area (Å²) in [5.41, 5.74) is 3.89. The van der Waals surface area contributed by atoms with Crippen molar-refractivity contribution < 1.29 is 19.4 Å². The molecule has 2 atom stereocenters. The number of ether oxygens (including phenoxy) is 1. The van der Waals surface area contributed by atoms with Gasteiger partial charge in [-0.2, -0.15) is 0 Å². The quantitative estimate of drug-likeness (QED) is 0.163. The van der Waals surface area contributed by atoms with Gasteiger partial charge in [-0.25, -0.2) is 4.98 Å². The lowest BCUT2D eigenvalue weighted by molar-refractivity contribution is -0.132. The minimum Gasteiger partial charge on any atom is -0.507 e. The van der Waals surface area contributed by atoms with Crippen molar-refractivity contribution in [1.29, 1.82) is 0 Å². The highest BCUT2D eigenvalue weighted by Crippen LogP contribution is 2.45. The molecule has 3 aromatic carbocycles. The number of hydrogen-bond acceptors (Lipinski definition) is 6. The van der Waals surface area contributed by atoms with E-state index in [-0.39, 0.29) is 22.9 Å². The second-order valence-corrected chi connectivity index (χ2v) is 12.6. The van der Waals surface area contributed by atoms with Gasteiger partial charge in [-0.15, -0.1) is 0 Å². The molecule has 198 valence electrons. The second-order valence-electron chi connectivity index (χ2n) is 11.1. The number of aliphatic hydroxyl groups is 1. The molecule has 3 heterocycles. The Morgan fingerprint density at radius 1 is 1.08 bits per heavy atom. The number of nitrogens with zero attached hydrogens (tertiary/aromatic N) is 2. The molecule has 39 heavy (non-hydrogen) atoms. The van der Waals surface area contributed by atoms with Gasteiger partial charge in [0.2, 0.25) is 0 Å². The number of Topliss-reactive ketones (excluding diaryl/α,β-unsaturated/α-hetero) is 1. The summed E-state index contributed by atoms with van der Waals surface area (Å²) in [5.74, 6) is -0.932. The van der Waals surface area contributed by atoms with E-state index in [9.17, 15) is 14.7 Å². The third kappa shape index (κ3) is 4.39. The van der Waals surface area contributed by atoms with Crippen LogP contribution in [-0.2, 0) is 21.4 Å². The number of rotatable bonds is 3. The Hall–Kier alpha value is -3.68. The highest BCUT2D eigenvalue weighted by atomic mass is 35.5. The molecule has 6 rings (SSSR count). The van der Waals surface area contributed by atoms with Gasteiger partial charge in [0.15, 0.2) is 5.13 Å². The number of fused-ring (bicyclic) bond motifs is 2. The first-order chi connectivity index (χ1) is 18.5. The van der Waals surface area contributed by atoms with E-state index in [1.165, 1.54) is 16.2 Å². The molecule has 2 aliphatic heterocycles. The van der Waals surface area contributed by atoms with E-state index >= 15 is 0 Å². The molecule has 1 amide bonds. The van der Waals surface area contributed by atoms with Crippen molar-refractivity contribution in [2.75, 3.05) is 4.90 Å². The smallest absolute Gasteiger partial charge is 0.301 e. The van der Waals surface area contributed by atoms with E-state index in [1.807, 2.05) is 37.3 Å². The molecular weight excluding hydrogens is 532 g/mol. The predicted molar refractivity (Wildman–Crippen MR) is 155 cm³/mol. The summed E-state index contributed by atoms with van der Waals surface area (Å²) in [5, 5.41) is 12.5. The van der Waals surface area contributed by atoms with Crippen molar-refractivity contribution in [3.05, 3.63) is 93.5 Å². The Kier molecular flexibility index (Phi) is 6.04. The standard InChI is InChI=1S/C31H27ClN2O4S/c1-16-13-19-14-18(7-12-23(19)38-16)27(35)25-26(17-5-8-20(9-6-17)31(2,3)4)34(29(37)28(25)36)30-33-22-11-10-21(32)15-24(22)39-30/h5-12,14-16,26,35H,13H2,1-4H3/b27-25-. The Morgan fingerprint density at radius 3 is 2.54 bits per heavy atom. The molecule has 1 saturated heterocycles. The van der Waals surface area contributed by atoms with Crippen LogP contribution in [0, 0.1) is 0 Å². The number of halogens is 1. The molecule has 0 aliphatic carbocycles. The topological polar surface area (TPSA) is 79.7 Å². The molecule has 0 bridgehead atoms. The summed E-state index contributed by atoms with van der Waals surface area (Å²) in [6.45, 7) is 8.35. The van der Waals surface area contributed by atoms with Gasteiger partial charge in [0.25, 0.3) is 5.78 Å². The fourth-order valence-electron chi connectivity index (χ4n) is 5.22. The molecule has 0 radical (unpaired) electrons. The molecule has 4 aromatic rings. The maximum absolute atomic E-state index is 13.6. The maximum atomic E-state index is 13.6. The summed E-state index contributed by atoms with van der Waals surface area (Å²) in [7, 11) is 0. The normalized spacial score (nSPS) is 20.5. The summed E-state index contributed by atoms with van der Waals surface area (Å²) in [6.07, 6.45) is 0.744. The van der Waals surface area contributed by atoms with Crippen LogP contribution in [0.4, 0.5) is 5.13 Å². The molecule has 8 heteroatoms. The van der Waals surface area contributed by atoms with Crippen LogP contribution in [0.15, 0.2) is 66.2 Å². The number of anilines is 1. The Morgan fingerprint density at radius 2 is 1.82 bits per heavy atom. The predicted octanol–water partition coefficient (Wildman–Crippen LogP) is 7.20. The number of aliphatic hydroxyl groups excluding tert-OH is 1. The van der Waals surface area contributed by atoms with Gasteiger partial charge in [0.05, 0.1) is 21.8 Å². The molecular formula is C31H27ClN2O4S. The molecule has 1 N–H and O–H groups in total. The van der Waals surface area contributed by atoms with Crippen LogP contribution in [0.3, 0.4) is 0 Å². The zero-order valence-electron chi connectivity index (χ0n) is 22.0. The van der Waals surface area contributed by atoms with Gasteiger partial charge in [-0.05, 0) is 65.4 Å². The second kappa shape index (κ2) is 9.21. The molecule has 2 aliphatic rings. The van der Waals surface area contributed by atoms with Gasteiger partial charge in [0, 0.05) is 17.0 Å². The summed E-state index contributed by atoms with van der Waals surface area (Å²) in [6, 6.07) is 17.7. The number of hydrogen-bond donors (Lipinski definition) is 1. The van der Waals surface area contributed by atoms with Crippen molar-refractivity contribution in [2.24, 2.45) is 0 Å². The van der Waals surface area contributed by atoms with Crippen LogP contribution in [0.1, 0.15) is 56.0 Å². The number of carbonyl (C=O) groups is 2. The number of aromatic nitrogens is 1. The SMILES string of the molecule is CC1Cc2cc(/C(O)=C3/C(=O)C(=O)N(c4nc5ccc(Cl)cc5s4)C3c3ccc(C(C)(C)C)cc3)ccc2O1. The number of carbonyl (C=O) groups excluding carboxylic acids is 2. The Labute approximate surface area is 235 Å². The van der Waals surface area contributed by atoms with Crippen LogP contribution in [0.5, 0.6) is 5.75 Å². The minimum absolute atomic E-state index is 0.0349. The molecule has 0 spiro atoms. The molecule has 1 aromatic heterocycles. The Bertz CT molecular complexity index is 1680. The van der Waals surface area contributed by atoms with Gasteiger partial charge in [0.1, 0.15) is 17.6 Å². The number of benzene rings is 3. The van der Waals surface area contributed by atoms with E-state index < -0.39 is 17.7 Å². The summed E-state index contributed by atoms with van der Waals surface area (Å²) < 4.78 is 6.60. The van der Waals surface area contributed by atoms with Crippen molar-refractivity contribution in [2.45, 2.75) is 51.7 Å².